The van der Waals surface area contributed by atoms with Gasteiger partial charge in [0, 0.05) is 6.08 Å². The summed E-state index contributed by atoms with van der Waals surface area (Å²) in [6.07, 6.45) is 7.21. The van der Waals surface area contributed by atoms with Crippen LogP contribution < -0.4 is 0 Å². The Kier molecular flexibility index (Phi) is 7.27. The highest BCUT2D eigenvalue weighted by molar-refractivity contribution is 5.81. The fraction of sp³-hybridized carbons (Fsp3) is 0.500. The quantitative estimate of drug-likeness (QED) is 0.388. The van der Waals surface area contributed by atoms with Gasteiger partial charge < -0.3 is 4.74 Å². The molecular formula is C14H22O2. The van der Waals surface area contributed by atoms with Crippen LogP contribution in [0.25, 0.3) is 0 Å². The molecule has 0 rings (SSSR count). The molecule has 0 saturated heterocycles. The van der Waals surface area contributed by atoms with Crippen molar-refractivity contribution < 1.29 is 9.53 Å². The summed E-state index contributed by atoms with van der Waals surface area (Å²) in [4.78, 5) is 10.9. The summed E-state index contributed by atoms with van der Waals surface area (Å²) in [5, 5.41) is 0. The van der Waals surface area contributed by atoms with E-state index < -0.39 is 0 Å². The van der Waals surface area contributed by atoms with Crippen LogP contribution in [-0.2, 0) is 9.53 Å². The monoisotopic (exact) mass is 222 g/mol. The van der Waals surface area contributed by atoms with E-state index in [-0.39, 0.29) is 12.1 Å². The minimum Gasteiger partial charge on any atom is -0.455 e. The molecule has 0 aromatic heterocycles. The Morgan fingerprint density at radius 2 is 2.00 bits per heavy atom. The predicted molar refractivity (Wildman–Crippen MR) is 68.2 cm³/mol. The summed E-state index contributed by atoms with van der Waals surface area (Å²) < 4.78 is 5.05. The van der Waals surface area contributed by atoms with E-state index in [0.717, 1.165) is 12.8 Å². The van der Waals surface area contributed by atoms with Crippen molar-refractivity contribution in [3.05, 3.63) is 36.0 Å². The lowest BCUT2D eigenvalue weighted by Gasteiger charge is -2.08. The van der Waals surface area contributed by atoms with Crippen molar-refractivity contribution in [2.24, 2.45) is 0 Å². The van der Waals surface area contributed by atoms with Gasteiger partial charge in [0.05, 0.1) is 0 Å². The minimum absolute atomic E-state index is 0.183. The highest BCUT2D eigenvalue weighted by atomic mass is 16.5. The number of esters is 1. The molecule has 0 aromatic rings. The second-order valence-corrected chi connectivity index (χ2v) is 4.18. The molecule has 0 amide bonds. The van der Waals surface area contributed by atoms with E-state index in [1.54, 1.807) is 0 Å². The SMILES string of the molecule is C=CC(=O)OC(C)/C=C(\C)CCC=C(C)C. The lowest BCUT2D eigenvalue weighted by molar-refractivity contribution is -0.140. The van der Waals surface area contributed by atoms with Crippen LogP contribution in [0.15, 0.2) is 36.0 Å². The fourth-order valence-electron chi connectivity index (χ4n) is 1.34. The van der Waals surface area contributed by atoms with E-state index in [0.29, 0.717) is 0 Å². The summed E-state index contributed by atoms with van der Waals surface area (Å²) in [5.74, 6) is -0.374. The van der Waals surface area contributed by atoms with Crippen LogP contribution in [-0.4, -0.2) is 12.1 Å². The van der Waals surface area contributed by atoms with Gasteiger partial charge in [-0.25, -0.2) is 4.79 Å². The van der Waals surface area contributed by atoms with Crippen molar-refractivity contribution in [2.45, 2.75) is 46.6 Å². The third-order valence-corrected chi connectivity index (χ3v) is 2.08. The molecule has 0 aromatic carbocycles. The molecule has 1 unspecified atom stereocenters. The van der Waals surface area contributed by atoms with Gasteiger partial charge in [-0.1, -0.05) is 23.8 Å². The van der Waals surface area contributed by atoms with Gasteiger partial charge in [-0.2, -0.15) is 0 Å². The highest BCUT2D eigenvalue weighted by Crippen LogP contribution is 2.09. The molecule has 0 aliphatic heterocycles. The standard InChI is InChI=1S/C14H22O2/c1-6-14(15)16-13(5)10-12(4)9-7-8-11(2)3/h6,8,10,13H,1,7,9H2,2-5H3/b12-10+. The maximum absolute atomic E-state index is 10.9. The van der Waals surface area contributed by atoms with E-state index in [4.69, 9.17) is 4.74 Å². The van der Waals surface area contributed by atoms with Crippen LogP contribution in [0.5, 0.6) is 0 Å². The van der Waals surface area contributed by atoms with Crippen molar-refractivity contribution in [2.75, 3.05) is 0 Å². The zero-order chi connectivity index (χ0) is 12.6. The molecule has 0 fully saturated rings. The fourth-order valence-corrected chi connectivity index (χ4v) is 1.34. The first-order valence-electron chi connectivity index (χ1n) is 5.59. The molecule has 2 nitrogen and oxygen atoms in total. The summed E-state index contributed by atoms with van der Waals surface area (Å²) >= 11 is 0. The molecule has 0 spiro atoms. The number of ether oxygens (including phenoxy) is 1. The van der Waals surface area contributed by atoms with Crippen molar-refractivity contribution in [1.82, 2.24) is 0 Å². The zero-order valence-electron chi connectivity index (χ0n) is 10.7. The first-order chi connectivity index (χ1) is 7.45. The van der Waals surface area contributed by atoms with Crippen LogP contribution >= 0.6 is 0 Å². The van der Waals surface area contributed by atoms with Gasteiger partial charge in [0.25, 0.3) is 0 Å². The minimum atomic E-state index is -0.374. The molecular weight excluding hydrogens is 200 g/mol. The first kappa shape index (κ1) is 14.7. The molecule has 16 heavy (non-hydrogen) atoms. The molecule has 2 heteroatoms. The van der Waals surface area contributed by atoms with Gasteiger partial charge in [-0.3, -0.25) is 0 Å². The van der Waals surface area contributed by atoms with Crippen LogP contribution in [0.1, 0.15) is 40.5 Å². The molecule has 0 radical (unpaired) electrons. The lowest BCUT2D eigenvalue weighted by atomic mass is 10.1. The lowest BCUT2D eigenvalue weighted by Crippen LogP contribution is -2.10. The van der Waals surface area contributed by atoms with Crippen molar-refractivity contribution in [3.63, 3.8) is 0 Å². The average molecular weight is 222 g/mol. The van der Waals surface area contributed by atoms with E-state index in [1.165, 1.54) is 17.2 Å². The molecule has 0 aliphatic rings. The summed E-state index contributed by atoms with van der Waals surface area (Å²) in [6, 6.07) is 0. The third-order valence-electron chi connectivity index (χ3n) is 2.08. The number of allylic oxidation sites excluding steroid dienone is 3. The smallest absolute Gasteiger partial charge is 0.330 e. The predicted octanol–water partition coefficient (Wildman–Crippen LogP) is 3.80. The van der Waals surface area contributed by atoms with Crippen LogP contribution in [0.3, 0.4) is 0 Å². The van der Waals surface area contributed by atoms with E-state index in [2.05, 4.69) is 33.4 Å². The van der Waals surface area contributed by atoms with Gasteiger partial charge in [0.2, 0.25) is 0 Å². The number of rotatable bonds is 6. The molecule has 1 atom stereocenters. The van der Waals surface area contributed by atoms with E-state index in [9.17, 15) is 4.79 Å². The van der Waals surface area contributed by atoms with Crippen molar-refractivity contribution in [1.29, 1.82) is 0 Å². The third kappa shape index (κ3) is 8.04. The Hall–Kier alpha value is -1.31. The summed E-state index contributed by atoms with van der Waals surface area (Å²) in [6.45, 7) is 11.4. The Bertz CT molecular complexity index is 294. The summed E-state index contributed by atoms with van der Waals surface area (Å²) in [5.41, 5.74) is 2.57. The molecule has 0 heterocycles. The van der Waals surface area contributed by atoms with Gasteiger partial charge in [-0.15, -0.1) is 0 Å². The maximum Gasteiger partial charge on any atom is 0.330 e. The Balaban J connectivity index is 4.05. The van der Waals surface area contributed by atoms with Crippen molar-refractivity contribution in [3.8, 4) is 0 Å². The molecule has 0 N–H and O–H groups in total. The van der Waals surface area contributed by atoms with Gasteiger partial charge in [0.15, 0.2) is 0 Å². The second-order valence-electron chi connectivity index (χ2n) is 4.18. The normalized spacial score (nSPS) is 12.9. The average Bonchev–Trinajstić information content (AvgIpc) is 2.16. The number of carbonyl (C=O) groups excluding carboxylic acids is 1. The number of hydrogen-bond donors (Lipinski definition) is 0. The van der Waals surface area contributed by atoms with Gasteiger partial charge in [-0.05, 0) is 46.6 Å². The van der Waals surface area contributed by atoms with Crippen molar-refractivity contribution >= 4 is 5.97 Å². The summed E-state index contributed by atoms with van der Waals surface area (Å²) in [7, 11) is 0. The van der Waals surface area contributed by atoms with E-state index in [1.807, 2.05) is 13.0 Å². The topological polar surface area (TPSA) is 26.3 Å². The Labute approximate surface area is 98.7 Å². The molecule has 0 aliphatic carbocycles. The van der Waals surface area contributed by atoms with E-state index >= 15 is 0 Å². The molecule has 90 valence electrons. The zero-order valence-corrected chi connectivity index (χ0v) is 10.7. The largest absolute Gasteiger partial charge is 0.455 e. The Morgan fingerprint density at radius 1 is 1.38 bits per heavy atom. The van der Waals surface area contributed by atoms with Gasteiger partial charge in [0.1, 0.15) is 6.10 Å². The van der Waals surface area contributed by atoms with Crippen LogP contribution in [0.2, 0.25) is 0 Å². The maximum atomic E-state index is 10.9. The number of hydrogen-bond acceptors (Lipinski definition) is 2. The van der Waals surface area contributed by atoms with Crippen LogP contribution in [0.4, 0.5) is 0 Å². The first-order valence-corrected chi connectivity index (χ1v) is 5.59. The van der Waals surface area contributed by atoms with Gasteiger partial charge >= 0.3 is 5.97 Å². The highest BCUT2D eigenvalue weighted by Gasteiger charge is 2.02. The molecule has 0 saturated carbocycles. The molecule has 0 bridgehead atoms. The number of carbonyl (C=O) groups is 1. The second kappa shape index (κ2) is 7.91. The van der Waals surface area contributed by atoms with Crippen LogP contribution in [0, 0.1) is 0 Å². The Morgan fingerprint density at radius 3 is 2.50 bits per heavy atom.